The van der Waals surface area contributed by atoms with Crippen LogP contribution in [0.5, 0.6) is 0 Å². The topological polar surface area (TPSA) is 34.1 Å². The molecular formula is C26H18Cl2O2Si. The lowest BCUT2D eigenvalue weighted by Crippen LogP contribution is -2.74. The zero-order chi connectivity index (χ0) is 21.8. The lowest BCUT2D eigenvalue weighted by molar-refractivity contribution is 0.107. The number of rotatable bonds is 6. The van der Waals surface area contributed by atoms with Crippen LogP contribution in [0.4, 0.5) is 0 Å². The van der Waals surface area contributed by atoms with E-state index in [0.717, 1.165) is 10.4 Å². The number of carbonyl (C=O) groups is 2. The minimum absolute atomic E-state index is 0.456. The van der Waals surface area contributed by atoms with Gasteiger partial charge in [-0.15, -0.1) is 0 Å². The number of benzene rings is 4. The minimum atomic E-state index is -2.72. The van der Waals surface area contributed by atoms with Gasteiger partial charge in [-0.25, -0.2) is 0 Å². The Morgan fingerprint density at radius 3 is 1.03 bits per heavy atom. The Hall–Kier alpha value is -2.98. The summed E-state index contributed by atoms with van der Waals surface area (Å²) in [6.07, 6.45) is 0. The molecule has 0 aliphatic carbocycles. The SMILES string of the molecule is O=C(Cl)c1ccc([Si](c2ccccc2)(c2ccccc2)c2ccc(C(=O)Cl)cc2)cc1. The molecule has 0 spiro atoms. The fraction of sp³-hybridized carbons (Fsp3) is 0. The van der Waals surface area contributed by atoms with Crippen LogP contribution in [0.3, 0.4) is 0 Å². The zero-order valence-corrected chi connectivity index (χ0v) is 19.0. The van der Waals surface area contributed by atoms with Crippen LogP contribution in [-0.4, -0.2) is 18.6 Å². The van der Waals surface area contributed by atoms with Gasteiger partial charge in [0, 0.05) is 11.1 Å². The minimum Gasteiger partial charge on any atom is -0.276 e. The maximum absolute atomic E-state index is 11.6. The first-order chi connectivity index (χ1) is 15.0. The first-order valence-electron chi connectivity index (χ1n) is 9.75. The monoisotopic (exact) mass is 460 g/mol. The summed E-state index contributed by atoms with van der Waals surface area (Å²) in [7, 11) is -2.72. The van der Waals surface area contributed by atoms with Gasteiger partial charge in [0.25, 0.3) is 10.5 Å². The molecule has 5 heteroatoms. The third kappa shape index (κ3) is 4.00. The molecule has 152 valence electrons. The highest BCUT2D eigenvalue weighted by Gasteiger charge is 2.41. The molecule has 0 N–H and O–H groups in total. The lowest BCUT2D eigenvalue weighted by atomic mass is 10.2. The van der Waals surface area contributed by atoms with Crippen molar-refractivity contribution in [1.29, 1.82) is 0 Å². The highest BCUT2D eigenvalue weighted by Crippen LogP contribution is 2.12. The van der Waals surface area contributed by atoms with Crippen molar-refractivity contribution in [2.75, 3.05) is 0 Å². The standard InChI is InChI=1S/C26H18Cl2O2Si/c27-25(29)19-11-15-23(16-12-19)31(21-7-3-1-4-8-21,22-9-5-2-6-10-22)24-17-13-20(14-18-24)26(28)30/h1-18H. The second-order valence-corrected chi connectivity index (χ2v) is 11.7. The molecule has 0 heterocycles. The van der Waals surface area contributed by atoms with Crippen molar-refractivity contribution in [1.82, 2.24) is 0 Å². The van der Waals surface area contributed by atoms with Gasteiger partial charge in [0.05, 0.1) is 0 Å². The fourth-order valence-electron chi connectivity index (χ4n) is 4.08. The molecule has 2 nitrogen and oxygen atoms in total. The van der Waals surface area contributed by atoms with Crippen molar-refractivity contribution in [2.45, 2.75) is 0 Å². The van der Waals surface area contributed by atoms with E-state index in [1.165, 1.54) is 10.4 Å². The molecule has 0 aromatic heterocycles. The molecule has 4 rings (SSSR count). The predicted molar refractivity (Wildman–Crippen MR) is 130 cm³/mol. The van der Waals surface area contributed by atoms with E-state index < -0.39 is 18.6 Å². The van der Waals surface area contributed by atoms with Gasteiger partial charge in [0.15, 0.2) is 8.07 Å². The molecule has 4 aromatic rings. The van der Waals surface area contributed by atoms with Crippen LogP contribution in [0.2, 0.25) is 0 Å². The van der Waals surface area contributed by atoms with E-state index in [9.17, 15) is 9.59 Å². The van der Waals surface area contributed by atoms with Crippen molar-refractivity contribution in [3.8, 4) is 0 Å². The second-order valence-electron chi connectivity index (χ2n) is 7.18. The molecule has 0 radical (unpaired) electrons. The summed E-state index contributed by atoms with van der Waals surface area (Å²) < 4.78 is 0. The number of hydrogen-bond donors (Lipinski definition) is 0. The Morgan fingerprint density at radius 1 is 0.452 bits per heavy atom. The molecule has 0 aliphatic heterocycles. The van der Waals surface area contributed by atoms with Gasteiger partial charge in [-0.2, -0.15) is 0 Å². The van der Waals surface area contributed by atoms with Crippen LogP contribution in [-0.2, 0) is 0 Å². The maximum atomic E-state index is 11.6. The molecule has 0 aliphatic rings. The van der Waals surface area contributed by atoms with Crippen LogP contribution >= 0.6 is 23.2 Å². The first-order valence-corrected chi connectivity index (χ1v) is 12.5. The molecule has 0 atom stereocenters. The van der Waals surface area contributed by atoms with Gasteiger partial charge in [0.1, 0.15) is 0 Å². The summed E-state index contributed by atoms with van der Waals surface area (Å²) in [5.41, 5.74) is 0.912. The Bertz CT molecular complexity index is 1110. The van der Waals surface area contributed by atoms with E-state index in [1.807, 2.05) is 60.7 Å². The first kappa shape index (κ1) is 21.3. The van der Waals surface area contributed by atoms with E-state index in [4.69, 9.17) is 23.2 Å². The van der Waals surface area contributed by atoms with Gasteiger partial charge < -0.3 is 0 Å². The second kappa shape index (κ2) is 9.02. The van der Waals surface area contributed by atoms with Crippen molar-refractivity contribution >= 4 is 62.5 Å². The zero-order valence-electron chi connectivity index (χ0n) is 16.5. The molecule has 0 saturated heterocycles. The molecule has 4 aromatic carbocycles. The summed E-state index contributed by atoms with van der Waals surface area (Å²) in [6.45, 7) is 0. The van der Waals surface area contributed by atoms with Crippen molar-refractivity contribution in [3.05, 3.63) is 120 Å². The van der Waals surface area contributed by atoms with Gasteiger partial charge >= 0.3 is 0 Å². The highest BCUT2D eigenvalue weighted by atomic mass is 35.5. The van der Waals surface area contributed by atoms with Crippen LogP contribution < -0.4 is 20.7 Å². The number of carbonyl (C=O) groups excluding carboxylic acids is 2. The van der Waals surface area contributed by atoms with Gasteiger partial charge in [-0.3, -0.25) is 9.59 Å². The van der Waals surface area contributed by atoms with Crippen molar-refractivity contribution in [2.24, 2.45) is 0 Å². The van der Waals surface area contributed by atoms with Crippen LogP contribution in [0, 0.1) is 0 Å². The summed E-state index contributed by atoms with van der Waals surface area (Å²) in [5, 5.41) is 3.63. The smallest absolute Gasteiger partial charge is 0.252 e. The molecule has 0 amide bonds. The third-order valence-electron chi connectivity index (χ3n) is 5.50. The van der Waals surface area contributed by atoms with E-state index in [2.05, 4.69) is 24.3 Å². The summed E-state index contributed by atoms with van der Waals surface area (Å²) in [5.74, 6) is 0. The van der Waals surface area contributed by atoms with E-state index in [-0.39, 0.29) is 0 Å². The fourth-order valence-corrected chi connectivity index (χ4v) is 9.05. The van der Waals surface area contributed by atoms with Crippen molar-refractivity contribution < 1.29 is 9.59 Å². The van der Waals surface area contributed by atoms with Gasteiger partial charge in [-0.05, 0) is 43.9 Å². The molecule has 0 unspecified atom stereocenters. The Balaban J connectivity index is 2.06. The third-order valence-corrected chi connectivity index (χ3v) is 10.7. The van der Waals surface area contributed by atoms with E-state index in [0.29, 0.717) is 11.1 Å². The molecule has 0 bridgehead atoms. The Kier molecular flexibility index (Phi) is 6.19. The quantitative estimate of drug-likeness (QED) is 0.249. The Morgan fingerprint density at radius 2 is 0.742 bits per heavy atom. The van der Waals surface area contributed by atoms with Crippen LogP contribution in [0.15, 0.2) is 109 Å². The van der Waals surface area contributed by atoms with Gasteiger partial charge in [-0.1, -0.05) is 109 Å². The lowest BCUT2D eigenvalue weighted by Gasteiger charge is -2.34. The van der Waals surface area contributed by atoms with Crippen molar-refractivity contribution in [3.63, 3.8) is 0 Å². The molecule has 31 heavy (non-hydrogen) atoms. The number of halogens is 2. The molecule has 0 fully saturated rings. The average molecular weight is 461 g/mol. The molecular weight excluding hydrogens is 443 g/mol. The van der Waals surface area contributed by atoms with Crippen LogP contribution in [0.1, 0.15) is 20.7 Å². The summed E-state index contributed by atoms with van der Waals surface area (Å²) in [4.78, 5) is 23.3. The van der Waals surface area contributed by atoms with E-state index >= 15 is 0 Å². The largest absolute Gasteiger partial charge is 0.276 e. The highest BCUT2D eigenvalue weighted by molar-refractivity contribution is 7.19. The average Bonchev–Trinajstić information content (AvgIpc) is 2.82. The van der Waals surface area contributed by atoms with E-state index in [1.54, 1.807) is 24.3 Å². The Labute approximate surface area is 192 Å². The normalized spacial score (nSPS) is 11.2. The number of hydrogen-bond acceptors (Lipinski definition) is 2. The molecule has 0 saturated carbocycles. The maximum Gasteiger partial charge on any atom is 0.252 e. The van der Waals surface area contributed by atoms with Crippen LogP contribution in [0.25, 0.3) is 0 Å². The predicted octanol–water partition coefficient (Wildman–Crippen LogP) is 3.82. The summed E-state index contributed by atoms with van der Waals surface area (Å²) in [6, 6.07) is 35.7. The summed E-state index contributed by atoms with van der Waals surface area (Å²) >= 11 is 11.4. The van der Waals surface area contributed by atoms with Gasteiger partial charge in [0.2, 0.25) is 0 Å².